The first kappa shape index (κ1) is 22.4. The maximum Gasteiger partial charge on any atom is 0.243 e. The molecule has 0 bridgehead atoms. The van der Waals surface area contributed by atoms with Crippen molar-refractivity contribution in [3.63, 3.8) is 0 Å². The van der Waals surface area contributed by atoms with Crippen LogP contribution in [0.3, 0.4) is 0 Å². The van der Waals surface area contributed by atoms with Gasteiger partial charge >= 0.3 is 0 Å². The Labute approximate surface area is 139 Å². The second-order valence-corrected chi connectivity index (χ2v) is 4.51. The van der Waals surface area contributed by atoms with Crippen molar-refractivity contribution in [1.29, 1.82) is 0 Å². The summed E-state index contributed by atoms with van der Waals surface area (Å²) >= 11 is 0. The van der Waals surface area contributed by atoms with Crippen molar-refractivity contribution in [1.82, 2.24) is 5.32 Å². The Hall–Kier alpha value is -2.88. The quantitative estimate of drug-likeness (QED) is 0.818. The second-order valence-electron chi connectivity index (χ2n) is 4.51. The summed E-state index contributed by atoms with van der Waals surface area (Å²) < 4.78 is 0. The van der Waals surface area contributed by atoms with Gasteiger partial charge in [-0.2, -0.15) is 0 Å². The van der Waals surface area contributed by atoms with Crippen LogP contribution in [0.5, 0.6) is 0 Å². The van der Waals surface area contributed by atoms with E-state index in [4.69, 9.17) is 0 Å². The molecule has 1 aromatic carbocycles. The van der Waals surface area contributed by atoms with Crippen LogP contribution in [0.1, 0.15) is 25.0 Å². The van der Waals surface area contributed by atoms with Crippen molar-refractivity contribution in [3.8, 4) is 0 Å². The van der Waals surface area contributed by atoms with E-state index < -0.39 is 5.91 Å². The second kappa shape index (κ2) is 14.1. The summed E-state index contributed by atoms with van der Waals surface area (Å²) in [6.07, 6.45) is 5.98. The summed E-state index contributed by atoms with van der Waals surface area (Å²) in [7, 11) is 0. The van der Waals surface area contributed by atoms with Crippen molar-refractivity contribution < 1.29 is 9.59 Å². The highest BCUT2D eigenvalue weighted by Gasteiger charge is 1.93. The minimum absolute atomic E-state index is 0.111. The first-order valence-electron chi connectivity index (χ1n) is 7.01. The minimum atomic E-state index is -0.481. The molecule has 0 radical (unpaired) electrons. The molecule has 0 aliphatic heterocycles. The normalized spacial score (nSPS) is 8.30. The van der Waals surface area contributed by atoms with E-state index in [1.54, 1.807) is 0 Å². The number of carbonyl (C=O) groups is 2. The first-order valence-corrected chi connectivity index (χ1v) is 7.01. The van der Waals surface area contributed by atoms with Gasteiger partial charge in [0.15, 0.2) is 0 Å². The van der Waals surface area contributed by atoms with Crippen LogP contribution in [-0.4, -0.2) is 17.9 Å². The molecular formula is C19H26N2O2. The standard InChI is InChI=1S/C10H10.C6H11NO.C3H5NO/c1-3-9-7-5-6-8-10(9)4-2;1-4-6(8)7-5(2)3;1-2-3(4)5/h3-8H,1-2H2;4-5H,1H2,2-3H3,(H,7,8);2H,1H2,(H2,4,5). The monoisotopic (exact) mass is 314 g/mol. The smallest absolute Gasteiger partial charge is 0.243 e. The van der Waals surface area contributed by atoms with E-state index in [2.05, 4.69) is 37.4 Å². The van der Waals surface area contributed by atoms with Crippen LogP contribution in [0.2, 0.25) is 0 Å². The number of hydrogen-bond acceptors (Lipinski definition) is 2. The molecule has 4 heteroatoms. The number of benzene rings is 1. The lowest BCUT2D eigenvalue weighted by molar-refractivity contribution is -0.117. The van der Waals surface area contributed by atoms with Crippen LogP contribution in [0.15, 0.2) is 62.7 Å². The Balaban J connectivity index is 0. The zero-order valence-corrected chi connectivity index (χ0v) is 13.9. The van der Waals surface area contributed by atoms with E-state index in [1.165, 1.54) is 6.08 Å². The van der Waals surface area contributed by atoms with E-state index in [1.807, 2.05) is 50.3 Å². The van der Waals surface area contributed by atoms with Gasteiger partial charge in [-0.25, -0.2) is 0 Å². The molecule has 0 unspecified atom stereocenters. The van der Waals surface area contributed by atoms with Gasteiger partial charge in [-0.3, -0.25) is 9.59 Å². The molecule has 4 nitrogen and oxygen atoms in total. The zero-order chi connectivity index (χ0) is 18.3. The number of nitrogens with one attached hydrogen (secondary N) is 1. The van der Waals surface area contributed by atoms with Crippen LogP contribution >= 0.6 is 0 Å². The summed E-state index contributed by atoms with van der Waals surface area (Å²) in [5.41, 5.74) is 6.81. The molecule has 124 valence electrons. The average molecular weight is 314 g/mol. The van der Waals surface area contributed by atoms with Gasteiger partial charge in [0.1, 0.15) is 0 Å². The van der Waals surface area contributed by atoms with E-state index in [9.17, 15) is 9.59 Å². The van der Waals surface area contributed by atoms with Crippen LogP contribution in [0.25, 0.3) is 12.2 Å². The van der Waals surface area contributed by atoms with Gasteiger partial charge in [-0.05, 0) is 37.1 Å². The van der Waals surface area contributed by atoms with Gasteiger partial charge < -0.3 is 11.1 Å². The summed E-state index contributed by atoms with van der Waals surface area (Å²) in [4.78, 5) is 19.9. The van der Waals surface area contributed by atoms with Crippen LogP contribution in [0, 0.1) is 0 Å². The number of primary amides is 1. The SMILES string of the molecule is C=CC(=O)NC(C)C.C=CC(N)=O.C=Cc1ccccc1C=C. The molecule has 0 heterocycles. The molecule has 0 aliphatic rings. The van der Waals surface area contributed by atoms with Crippen LogP contribution < -0.4 is 11.1 Å². The number of nitrogens with two attached hydrogens (primary N) is 1. The Morgan fingerprint density at radius 3 is 1.57 bits per heavy atom. The van der Waals surface area contributed by atoms with E-state index >= 15 is 0 Å². The van der Waals surface area contributed by atoms with E-state index in [0.717, 1.165) is 17.2 Å². The van der Waals surface area contributed by atoms with Gasteiger partial charge in [-0.1, -0.05) is 62.7 Å². The highest BCUT2D eigenvalue weighted by molar-refractivity contribution is 5.87. The lowest BCUT2D eigenvalue weighted by Gasteiger charge is -2.02. The molecule has 0 saturated carbocycles. The first-order chi connectivity index (χ1) is 10.8. The Bertz CT molecular complexity index is 519. The third kappa shape index (κ3) is 13.8. The molecule has 0 aromatic heterocycles. The molecule has 1 rings (SSSR count). The van der Waals surface area contributed by atoms with Gasteiger partial charge in [0.25, 0.3) is 0 Å². The van der Waals surface area contributed by atoms with Crippen molar-refractivity contribution in [2.45, 2.75) is 19.9 Å². The summed E-state index contributed by atoms with van der Waals surface area (Å²) in [6, 6.07) is 8.22. The highest BCUT2D eigenvalue weighted by atomic mass is 16.1. The number of hydrogen-bond donors (Lipinski definition) is 2. The number of rotatable bonds is 5. The predicted octanol–water partition coefficient (Wildman–Crippen LogP) is 3.33. The molecule has 0 saturated heterocycles. The fourth-order valence-corrected chi connectivity index (χ4v) is 1.23. The topological polar surface area (TPSA) is 72.2 Å². The largest absolute Gasteiger partial charge is 0.366 e. The number of amides is 2. The van der Waals surface area contributed by atoms with E-state index in [-0.39, 0.29) is 11.9 Å². The fourth-order valence-electron chi connectivity index (χ4n) is 1.23. The highest BCUT2D eigenvalue weighted by Crippen LogP contribution is 2.10. The third-order valence-electron chi connectivity index (χ3n) is 2.25. The summed E-state index contributed by atoms with van der Waals surface area (Å²) in [5.74, 6) is -0.593. The van der Waals surface area contributed by atoms with Crippen molar-refractivity contribution in [3.05, 3.63) is 73.9 Å². The molecule has 3 N–H and O–H groups in total. The molecule has 0 fully saturated rings. The van der Waals surface area contributed by atoms with Crippen molar-refractivity contribution in [2.24, 2.45) is 5.73 Å². The Morgan fingerprint density at radius 2 is 1.39 bits per heavy atom. The van der Waals surface area contributed by atoms with Gasteiger partial charge in [0.2, 0.25) is 11.8 Å². The molecule has 0 aliphatic carbocycles. The Morgan fingerprint density at radius 1 is 1.00 bits per heavy atom. The summed E-state index contributed by atoms with van der Waals surface area (Å²) in [6.45, 7) is 17.6. The van der Waals surface area contributed by atoms with Gasteiger partial charge in [0, 0.05) is 6.04 Å². The molecule has 2 amide bonds. The van der Waals surface area contributed by atoms with Crippen molar-refractivity contribution >= 4 is 24.0 Å². The average Bonchev–Trinajstić information content (AvgIpc) is 2.55. The van der Waals surface area contributed by atoms with E-state index in [0.29, 0.717) is 0 Å². The maximum absolute atomic E-state index is 10.4. The third-order valence-corrected chi connectivity index (χ3v) is 2.25. The fraction of sp³-hybridized carbons (Fsp3) is 0.158. The molecule has 1 aromatic rings. The van der Waals surface area contributed by atoms with Gasteiger partial charge in [0.05, 0.1) is 0 Å². The van der Waals surface area contributed by atoms with Crippen molar-refractivity contribution in [2.75, 3.05) is 0 Å². The molecule has 0 atom stereocenters. The van der Waals surface area contributed by atoms with Gasteiger partial charge in [-0.15, -0.1) is 0 Å². The molecular weight excluding hydrogens is 288 g/mol. The molecule has 0 spiro atoms. The van der Waals surface area contributed by atoms with Crippen LogP contribution in [-0.2, 0) is 9.59 Å². The minimum Gasteiger partial charge on any atom is -0.366 e. The molecule has 23 heavy (non-hydrogen) atoms. The number of carbonyl (C=O) groups excluding carboxylic acids is 2. The lowest BCUT2D eigenvalue weighted by Crippen LogP contribution is -2.27. The lowest BCUT2D eigenvalue weighted by atomic mass is 10.1. The maximum atomic E-state index is 10.4. The zero-order valence-electron chi connectivity index (χ0n) is 13.9. The van der Waals surface area contributed by atoms with Crippen LogP contribution in [0.4, 0.5) is 0 Å². The predicted molar refractivity (Wildman–Crippen MR) is 99.5 cm³/mol. The Kier molecular flexibility index (Phi) is 13.7. The summed E-state index contributed by atoms with van der Waals surface area (Å²) in [5, 5.41) is 2.64.